The van der Waals surface area contributed by atoms with Crippen LogP contribution in [0.4, 0.5) is 0 Å². The minimum Gasteiger partial charge on any atom is -0.383 e. The van der Waals surface area contributed by atoms with Gasteiger partial charge in [-0.1, -0.05) is 26.0 Å². The number of nitrogens with one attached hydrogen (secondary N) is 1. The van der Waals surface area contributed by atoms with E-state index in [1.807, 2.05) is 19.9 Å². The van der Waals surface area contributed by atoms with Crippen LogP contribution in [0.2, 0.25) is 0 Å². The Hall–Kier alpha value is -2.39. The fourth-order valence-electron chi connectivity index (χ4n) is 2.05. The van der Waals surface area contributed by atoms with Crippen molar-refractivity contribution in [3.63, 3.8) is 0 Å². The molecule has 1 aromatic rings. The second-order valence-electron chi connectivity index (χ2n) is 5.63. The molecule has 0 unspecified atom stereocenters. The Balaban J connectivity index is 2.76. The molecule has 4 N–H and O–H groups in total. The van der Waals surface area contributed by atoms with E-state index in [0.717, 1.165) is 0 Å². The molecule has 1 rings (SSSR count). The highest BCUT2D eigenvalue weighted by molar-refractivity contribution is 5.88. The number of aliphatic hydroxyl groups is 1. The maximum absolute atomic E-state index is 11.9. The Labute approximate surface area is 129 Å². The first-order valence-corrected chi connectivity index (χ1v) is 7.10. The van der Waals surface area contributed by atoms with E-state index in [2.05, 4.69) is 5.32 Å². The third-order valence-corrected chi connectivity index (χ3v) is 3.15. The van der Waals surface area contributed by atoms with E-state index in [1.165, 1.54) is 0 Å². The van der Waals surface area contributed by atoms with Crippen LogP contribution in [-0.4, -0.2) is 29.1 Å². The molecule has 2 atom stereocenters. The molecule has 0 aliphatic heterocycles. The van der Waals surface area contributed by atoms with Crippen LogP contribution in [0, 0.1) is 17.2 Å². The number of nitrogens with two attached hydrogens (primary N) is 1. The lowest BCUT2D eigenvalue weighted by Gasteiger charge is -2.19. The lowest BCUT2D eigenvalue weighted by Crippen LogP contribution is -2.49. The van der Waals surface area contributed by atoms with Gasteiger partial charge in [-0.15, -0.1) is 0 Å². The first-order chi connectivity index (χ1) is 10.3. The van der Waals surface area contributed by atoms with Crippen molar-refractivity contribution in [3.8, 4) is 6.07 Å². The normalized spacial score (nSPS) is 13.2. The van der Waals surface area contributed by atoms with Crippen molar-refractivity contribution < 1.29 is 14.7 Å². The van der Waals surface area contributed by atoms with Crippen LogP contribution in [-0.2, 0) is 16.0 Å². The molecule has 0 fully saturated rings. The van der Waals surface area contributed by atoms with Crippen molar-refractivity contribution in [2.75, 3.05) is 0 Å². The topological polar surface area (TPSA) is 116 Å². The third-order valence-electron chi connectivity index (χ3n) is 3.15. The van der Waals surface area contributed by atoms with Crippen molar-refractivity contribution >= 4 is 11.8 Å². The molecule has 22 heavy (non-hydrogen) atoms. The summed E-state index contributed by atoms with van der Waals surface area (Å²) in [7, 11) is 0. The summed E-state index contributed by atoms with van der Waals surface area (Å²) in [5.41, 5.74) is 6.48. The molecule has 0 aliphatic rings. The first-order valence-electron chi connectivity index (χ1n) is 7.10. The molecule has 118 valence electrons. The highest BCUT2D eigenvalue weighted by Crippen LogP contribution is 2.09. The van der Waals surface area contributed by atoms with Gasteiger partial charge in [0.25, 0.3) is 0 Å². The van der Waals surface area contributed by atoms with Crippen molar-refractivity contribution in [2.45, 2.75) is 38.8 Å². The molecule has 6 heteroatoms. The Morgan fingerprint density at radius 3 is 2.64 bits per heavy atom. The molecule has 0 saturated heterocycles. The lowest BCUT2D eigenvalue weighted by molar-refractivity contribution is -0.133. The van der Waals surface area contributed by atoms with Crippen LogP contribution in [0.1, 0.15) is 31.4 Å². The SMILES string of the molecule is CC(C)C[C@H](O)C(=O)N[C@@H](Cc1cccc(C#N)c1)C(N)=O. The Morgan fingerprint density at radius 2 is 2.09 bits per heavy atom. The molecule has 0 spiro atoms. The van der Waals surface area contributed by atoms with Gasteiger partial charge in [0, 0.05) is 6.42 Å². The molecular formula is C16H21N3O3. The molecule has 6 nitrogen and oxygen atoms in total. The van der Waals surface area contributed by atoms with Gasteiger partial charge in [-0.05, 0) is 30.0 Å². The summed E-state index contributed by atoms with van der Waals surface area (Å²) in [6.45, 7) is 3.77. The number of benzene rings is 1. The number of primary amides is 1. The maximum Gasteiger partial charge on any atom is 0.249 e. The average molecular weight is 303 g/mol. The summed E-state index contributed by atoms with van der Waals surface area (Å²) in [6.07, 6.45) is -0.695. The minimum atomic E-state index is -1.17. The van der Waals surface area contributed by atoms with E-state index in [-0.39, 0.29) is 12.3 Å². The summed E-state index contributed by atoms with van der Waals surface area (Å²) >= 11 is 0. The molecule has 1 aromatic carbocycles. The monoisotopic (exact) mass is 303 g/mol. The van der Waals surface area contributed by atoms with Gasteiger partial charge in [0.1, 0.15) is 12.1 Å². The van der Waals surface area contributed by atoms with Crippen molar-refractivity contribution in [1.82, 2.24) is 5.32 Å². The summed E-state index contributed by atoms with van der Waals surface area (Å²) in [5, 5.41) is 21.1. The molecule has 0 bridgehead atoms. The number of hydrogen-bond donors (Lipinski definition) is 3. The van der Waals surface area contributed by atoms with Crippen LogP contribution in [0.5, 0.6) is 0 Å². The van der Waals surface area contributed by atoms with Gasteiger partial charge in [0.05, 0.1) is 11.6 Å². The second-order valence-corrected chi connectivity index (χ2v) is 5.63. The van der Waals surface area contributed by atoms with E-state index in [9.17, 15) is 14.7 Å². The number of nitriles is 1. The zero-order valence-corrected chi connectivity index (χ0v) is 12.7. The Bertz CT molecular complexity index is 578. The molecule has 0 heterocycles. The lowest BCUT2D eigenvalue weighted by atomic mass is 10.0. The molecular weight excluding hydrogens is 282 g/mol. The minimum absolute atomic E-state index is 0.153. The van der Waals surface area contributed by atoms with Crippen LogP contribution in [0.25, 0.3) is 0 Å². The molecule has 0 aliphatic carbocycles. The van der Waals surface area contributed by atoms with Crippen molar-refractivity contribution in [1.29, 1.82) is 5.26 Å². The number of aliphatic hydroxyl groups excluding tert-OH is 1. The van der Waals surface area contributed by atoms with E-state index < -0.39 is 24.0 Å². The van der Waals surface area contributed by atoms with E-state index >= 15 is 0 Å². The predicted octanol–water partition coefficient (Wildman–Crippen LogP) is 0.478. The van der Waals surface area contributed by atoms with E-state index in [0.29, 0.717) is 17.5 Å². The van der Waals surface area contributed by atoms with Gasteiger partial charge < -0.3 is 16.2 Å². The summed E-state index contributed by atoms with van der Waals surface area (Å²) in [6, 6.07) is 7.80. The Kier molecular flexibility index (Phi) is 6.54. The van der Waals surface area contributed by atoms with Gasteiger partial charge in [0.2, 0.25) is 11.8 Å². The summed E-state index contributed by atoms with van der Waals surface area (Å²) < 4.78 is 0. The fourth-order valence-corrected chi connectivity index (χ4v) is 2.05. The zero-order valence-electron chi connectivity index (χ0n) is 12.7. The molecule has 0 saturated carbocycles. The standard InChI is InChI=1S/C16H21N3O3/c1-10(2)6-14(20)16(22)19-13(15(18)21)8-11-4-3-5-12(7-11)9-17/h3-5,7,10,13-14,20H,6,8H2,1-2H3,(H2,18,21)(H,19,22)/t13-,14-/m0/s1. The van der Waals surface area contributed by atoms with E-state index in [1.54, 1.807) is 24.3 Å². The number of hydrogen-bond acceptors (Lipinski definition) is 4. The van der Waals surface area contributed by atoms with Crippen LogP contribution in [0.3, 0.4) is 0 Å². The highest BCUT2D eigenvalue weighted by atomic mass is 16.3. The number of carbonyl (C=O) groups excluding carboxylic acids is 2. The largest absolute Gasteiger partial charge is 0.383 e. The van der Waals surface area contributed by atoms with Crippen LogP contribution in [0.15, 0.2) is 24.3 Å². The van der Waals surface area contributed by atoms with Crippen molar-refractivity contribution in [3.05, 3.63) is 35.4 Å². The number of rotatable bonds is 7. The molecule has 0 radical (unpaired) electrons. The van der Waals surface area contributed by atoms with Gasteiger partial charge in [-0.25, -0.2) is 0 Å². The zero-order chi connectivity index (χ0) is 16.7. The Morgan fingerprint density at radius 1 is 1.41 bits per heavy atom. The fraction of sp³-hybridized carbons (Fsp3) is 0.438. The smallest absolute Gasteiger partial charge is 0.249 e. The first kappa shape index (κ1) is 17.7. The van der Waals surface area contributed by atoms with Gasteiger partial charge >= 0.3 is 0 Å². The van der Waals surface area contributed by atoms with Crippen LogP contribution < -0.4 is 11.1 Å². The number of amides is 2. The number of nitrogens with zero attached hydrogens (tertiary/aromatic N) is 1. The van der Waals surface area contributed by atoms with Crippen LogP contribution >= 0.6 is 0 Å². The third kappa shape index (κ3) is 5.54. The predicted molar refractivity (Wildman–Crippen MR) is 81.4 cm³/mol. The summed E-state index contributed by atoms with van der Waals surface area (Å²) in [4.78, 5) is 23.4. The highest BCUT2D eigenvalue weighted by Gasteiger charge is 2.23. The van der Waals surface area contributed by atoms with Gasteiger partial charge in [0.15, 0.2) is 0 Å². The van der Waals surface area contributed by atoms with Gasteiger partial charge in [-0.3, -0.25) is 9.59 Å². The second kappa shape index (κ2) is 8.15. The molecule has 2 amide bonds. The van der Waals surface area contributed by atoms with Gasteiger partial charge in [-0.2, -0.15) is 5.26 Å². The summed E-state index contributed by atoms with van der Waals surface area (Å²) in [5.74, 6) is -1.15. The quantitative estimate of drug-likeness (QED) is 0.679. The van der Waals surface area contributed by atoms with E-state index in [4.69, 9.17) is 11.0 Å². The number of carbonyl (C=O) groups is 2. The molecule has 0 aromatic heterocycles. The average Bonchev–Trinajstić information content (AvgIpc) is 2.45. The maximum atomic E-state index is 11.9. The van der Waals surface area contributed by atoms with Crippen molar-refractivity contribution in [2.24, 2.45) is 11.7 Å².